The topological polar surface area (TPSA) is 92.2 Å². The van der Waals surface area contributed by atoms with Crippen molar-refractivity contribution in [3.05, 3.63) is 47.7 Å². The van der Waals surface area contributed by atoms with Crippen LogP contribution in [0.4, 0.5) is 5.69 Å². The van der Waals surface area contributed by atoms with Gasteiger partial charge >= 0.3 is 5.97 Å². The second-order valence-electron chi connectivity index (χ2n) is 12.8. The summed E-state index contributed by atoms with van der Waals surface area (Å²) in [6.45, 7) is 10.5. The molecule has 0 amide bonds. The monoisotopic (exact) mass is 577 g/mol. The van der Waals surface area contributed by atoms with Gasteiger partial charge in [-0.15, -0.1) is 0 Å². The van der Waals surface area contributed by atoms with Crippen LogP contribution in [0, 0.1) is 23.7 Å². The molecule has 8 heteroatoms. The Bertz CT molecular complexity index is 1230. The zero-order valence-electron chi connectivity index (χ0n) is 25.6. The fraction of sp³-hybridized carbons (Fsp3) is 0.618. The third-order valence-corrected chi connectivity index (χ3v) is 9.73. The number of ether oxygens (including phenoxy) is 2. The van der Waals surface area contributed by atoms with Crippen molar-refractivity contribution < 1.29 is 24.2 Å². The van der Waals surface area contributed by atoms with Crippen molar-refractivity contribution in [1.82, 2.24) is 9.88 Å². The zero-order valence-corrected chi connectivity index (χ0v) is 25.6. The van der Waals surface area contributed by atoms with Crippen molar-refractivity contribution in [2.45, 2.75) is 71.3 Å². The number of pyridine rings is 1. The standard InChI is InChI=1S/C34H47N3O5/c1-22(2)36-17-12-26(13-18-36)33(38)29-8-7-28(41-4)20-30(29)37-15-10-24(11-16-37)21-42-31-19-27(9-14-35-31)32(25-5-6-25)23(3)34(39)40/h7-9,14,19-20,22-26,32H,5-6,10-13,15-18,21H2,1-4H3,(H,39,40)/t23-,32-/m0/s1. The van der Waals surface area contributed by atoms with E-state index in [1.54, 1.807) is 20.2 Å². The van der Waals surface area contributed by atoms with Crippen molar-refractivity contribution in [1.29, 1.82) is 0 Å². The summed E-state index contributed by atoms with van der Waals surface area (Å²) in [6.07, 6.45) is 7.64. The molecule has 1 saturated carbocycles. The Morgan fingerprint density at radius 3 is 2.31 bits per heavy atom. The largest absolute Gasteiger partial charge is 0.497 e. The van der Waals surface area contributed by atoms with Gasteiger partial charge in [-0.3, -0.25) is 9.59 Å². The predicted octanol–water partition coefficient (Wildman–Crippen LogP) is 5.90. The molecule has 5 rings (SSSR count). The number of anilines is 1. The molecule has 3 aliphatic rings. The van der Waals surface area contributed by atoms with E-state index in [1.807, 2.05) is 30.3 Å². The van der Waals surface area contributed by atoms with E-state index in [0.29, 0.717) is 30.4 Å². The SMILES string of the molecule is COc1ccc(C(=O)C2CCN(C(C)C)CC2)c(N2CCC(COc3cc([C@H](C4CC4)[C@H](C)C(=O)O)ccn3)CC2)c1. The Kier molecular flexibility index (Phi) is 9.71. The first-order valence-corrected chi connectivity index (χ1v) is 15.8. The average molecular weight is 578 g/mol. The lowest BCUT2D eigenvalue weighted by Gasteiger charge is -2.36. The minimum absolute atomic E-state index is 0.00129. The maximum Gasteiger partial charge on any atom is 0.306 e. The molecule has 2 saturated heterocycles. The van der Waals surface area contributed by atoms with Gasteiger partial charge in [-0.1, -0.05) is 6.92 Å². The molecule has 2 atom stereocenters. The fourth-order valence-electron chi connectivity index (χ4n) is 6.84. The summed E-state index contributed by atoms with van der Waals surface area (Å²) < 4.78 is 11.7. The number of carboxylic acid groups (broad SMARTS) is 1. The molecule has 8 nitrogen and oxygen atoms in total. The van der Waals surface area contributed by atoms with E-state index in [9.17, 15) is 14.7 Å². The molecule has 1 aromatic heterocycles. The van der Waals surface area contributed by atoms with Gasteiger partial charge in [0.15, 0.2) is 5.78 Å². The van der Waals surface area contributed by atoms with Crippen LogP contribution in [0.1, 0.15) is 81.1 Å². The summed E-state index contributed by atoms with van der Waals surface area (Å²) in [5.41, 5.74) is 2.81. The lowest BCUT2D eigenvalue weighted by molar-refractivity contribution is -0.142. The number of piperidine rings is 2. The van der Waals surface area contributed by atoms with E-state index in [4.69, 9.17) is 9.47 Å². The Labute approximate surface area is 250 Å². The molecule has 0 bridgehead atoms. The molecule has 0 spiro atoms. The maximum absolute atomic E-state index is 13.7. The van der Waals surface area contributed by atoms with Crippen LogP contribution in [0.3, 0.4) is 0 Å². The summed E-state index contributed by atoms with van der Waals surface area (Å²) in [4.78, 5) is 34.7. The molecule has 1 aromatic carbocycles. The first kappa shape index (κ1) is 30.3. The van der Waals surface area contributed by atoms with Gasteiger partial charge in [-0.25, -0.2) is 4.98 Å². The molecule has 228 valence electrons. The van der Waals surface area contributed by atoms with Crippen LogP contribution < -0.4 is 14.4 Å². The van der Waals surface area contributed by atoms with Gasteiger partial charge in [0.25, 0.3) is 0 Å². The summed E-state index contributed by atoms with van der Waals surface area (Å²) in [6, 6.07) is 10.3. The van der Waals surface area contributed by atoms with E-state index in [1.165, 1.54) is 0 Å². The highest BCUT2D eigenvalue weighted by Gasteiger charge is 2.39. The number of aliphatic carboxylic acids is 1. The lowest BCUT2D eigenvalue weighted by Crippen LogP contribution is -2.41. The van der Waals surface area contributed by atoms with E-state index in [0.717, 1.165) is 87.3 Å². The fourth-order valence-corrected chi connectivity index (χ4v) is 6.84. The number of carboxylic acids is 1. The van der Waals surface area contributed by atoms with Gasteiger partial charge in [0, 0.05) is 48.9 Å². The van der Waals surface area contributed by atoms with Crippen LogP contribution in [-0.2, 0) is 4.79 Å². The van der Waals surface area contributed by atoms with Gasteiger partial charge < -0.3 is 24.4 Å². The number of nitrogens with zero attached hydrogens (tertiary/aromatic N) is 3. The van der Waals surface area contributed by atoms with Crippen molar-refractivity contribution in [2.75, 3.05) is 44.8 Å². The second kappa shape index (κ2) is 13.4. The number of likely N-dealkylation sites (tertiary alicyclic amines) is 1. The Balaban J connectivity index is 1.19. The molecular formula is C34H47N3O5. The summed E-state index contributed by atoms with van der Waals surface area (Å²) in [5.74, 6) is 1.29. The molecule has 2 aromatic rings. The summed E-state index contributed by atoms with van der Waals surface area (Å²) in [7, 11) is 1.67. The van der Waals surface area contributed by atoms with Crippen LogP contribution in [-0.4, -0.2) is 72.7 Å². The number of hydrogen-bond acceptors (Lipinski definition) is 7. The van der Waals surface area contributed by atoms with Crippen LogP contribution in [0.5, 0.6) is 11.6 Å². The van der Waals surface area contributed by atoms with Gasteiger partial charge in [-0.2, -0.15) is 0 Å². The number of carbonyl (C=O) groups is 2. The van der Waals surface area contributed by atoms with Crippen molar-refractivity contribution in [2.24, 2.45) is 23.7 Å². The van der Waals surface area contributed by atoms with Crippen molar-refractivity contribution in [3.63, 3.8) is 0 Å². The summed E-state index contributed by atoms with van der Waals surface area (Å²) in [5, 5.41) is 9.63. The molecule has 1 aliphatic carbocycles. The maximum atomic E-state index is 13.7. The zero-order chi connectivity index (χ0) is 29.8. The number of Topliss-reactive ketones (excluding diaryl/α,β-unsaturated/α-hetero) is 1. The molecule has 3 heterocycles. The lowest BCUT2D eigenvalue weighted by atomic mass is 9.84. The Morgan fingerprint density at radius 2 is 1.69 bits per heavy atom. The first-order valence-electron chi connectivity index (χ1n) is 15.8. The van der Waals surface area contributed by atoms with Crippen LogP contribution in [0.25, 0.3) is 0 Å². The van der Waals surface area contributed by atoms with Crippen molar-refractivity contribution in [3.8, 4) is 11.6 Å². The van der Waals surface area contributed by atoms with E-state index in [2.05, 4.69) is 28.6 Å². The van der Waals surface area contributed by atoms with E-state index >= 15 is 0 Å². The second-order valence-corrected chi connectivity index (χ2v) is 12.8. The minimum atomic E-state index is -0.754. The number of carbonyl (C=O) groups excluding carboxylic acids is 1. The van der Waals surface area contributed by atoms with E-state index < -0.39 is 11.9 Å². The van der Waals surface area contributed by atoms with E-state index in [-0.39, 0.29) is 17.6 Å². The molecule has 3 fully saturated rings. The number of rotatable bonds is 12. The highest BCUT2D eigenvalue weighted by Crippen LogP contribution is 2.47. The molecule has 2 aliphatic heterocycles. The van der Waals surface area contributed by atoms with Gasteiger partial charge in [0.1, 0.15) is 5.75 Å². The highest BCUT2D eigenvalue weighted by atomic mass is 16.5. The number of hydrogen-bond donors (Lipinski definition) is 1. The average Bonchev–Trinajstić information content (AvgIpc) is 3.85. The number of benzene rings is 1. The third kappa shape index (κ3) is 7.08. The Morgan fingerprint density at radius 1 is 0.976 bits per heavy atom. The van der Waals surface area contributed by atoms with Crippen LogP contribution in [0.15, 0.2) is 36.5 Å². The third-order valence-electron chi connectivity index (χ3n) is 9.73. The minimum Gasteiger partial charge on any atom is -0.497 e. The first-order chi connectivity index (χ1) is 20.2. The van der Waals surface area contributed by atoms with Gasteiger partial charge in [0.2, 0.25) is 5.88 Å². The van der Waals surface area contributed by atoms with Crippen molar-refractivity contribution >= 4 is 17.4 Å². The normalized spacial score (nSPS) is 20.4. The van der Waals surface area contributed by atoms with Crippen LogP contribution >= 0.6 is 0 Å². The number of aromatic nitrogens is 1. The number of methoxy groups -OCH3 is 1. The van der Waals surface area contributed by atoms with Gasteiger partial charge in [-0.05, 0) is 107 Å². The van der Waals surface area contributed by atoms with Gasteiger partial charge in [0.05, 0.1) is 25.3 Å². The number of ketones is 1. The molecule has 0 radical (unpaired) electrons. The quantitative estimate of drug-likeness (QED) is 0.312. The highest BCUT2D eigenvalue weighted by molar-refractivity contribution is 6.03. The molecule has 1 N–H and O–H groups in total. The molecular weight excluding hydrogens is 530 g/mol. The summed E-state index contributed by atoms with van der Waals surface area (Å²) >= 11 is 0. The Hall–Kier alpha value is -3.13. The molecule has 42 heavy (non-hydrogen) atoms. The smallest absolute Gasteiger partial charge is 0.306 e. The predicted molar refractivity (Wildman–Crippen MR) is 164 cm³/mol. The van der Waals surface area contributed by atoms with Crippen LogP contribution in [0.2, 0.25) is 0 Å². The molecule has 0 unspecified atom stereocenters.